The lowest BCUT2D eigenvalue weighted by Crippen LogP contribution is -2.40. The van der Waals surface area contributed by atoms with Crippen molar-refractivity contribution in [3.05, 3.63) is 47.9 Å². The number of nitrogens with one attached hydrogen (secondary N) is 2. The monoisotopic (exact) mass is 329 g/mol. The summed E-state index contributed by atoms with van der Waals surface area (Å²) in [6, 6.07) is 7.96. The van der Waals surface area contributed by atoms with E-state index in [0.717, 1.165) is 24.2 Å². The molecule has 0 saturated carbocycles. The Hall–Kier alpha value is -2.50. The van der Waals surface area contributed by atoms with Crippen LogP contribution >= 0.6 is 0 Å². The maximum atomic E-state index is 12.1. The molecular weight excluding hydrogens is 302 g/mol. The molecule has 2 aromatic heterocycles. The number of aryl methyl sites for hydroxylation is 2. The van der Waals surface area contributed by atoms with E-state index in [1.165, 1.54) is 5.69 Å². The van der Waals surface area contributed by atoms with Crippen LogP contribution < -0.4 is 15.5 Å². The maximum absolute atomic E-state index is 12.1. The lowest BCUT2D eigenvalue weighted by Gasteiger charge is -2.18. The Morgan fingerprint density at radius 2 is 2.12 bits per heavy atom. The summed E-state index contributed by atoms with van der Waals surface area (Å²) < 4.78 is 2.11. The molecule has 6 heteroatoms. The SMILES string of the molecule is C[C@@H](CCc1cccn1C)NC(=O)NCc1cccnc1N(C)C. The number of pyridine rings is 1. The molecule has 6 nitrogen and oxygen atoms in total. The summed E-state index contributed by atoms with van der Waals surface area (Å²) in [4.78, 5) is 18.4. The third-order valence-corrected chi connectivity index (χ3v) is 3.99. The molecule has 0 aromatic carbocycles. The van der Waals surface area contributed by atoms with Gasteiger partial charge in [-0.25, -0.2) is 9.78 Å². The standard InChI is InChI=1S/C18H27N5O/c1-14(9-10-16-8-6-12-23(16)4)21-18(24)20-13-15-7-5-11-19-17(15)22(2)3/h5-8,11-12,14H,9-10,13H2,1-4H3,(H2,20,21,24)/t14-/m0/s1. The van der Waals surface area contributed by atoms with Crippen molar-refractivity contribution in [1.29, 1.82) is 0 Å². The first kappa shape index (κ1) is 17.8. The van der Waals surface area contributed by atoms with E-state index in [-0.39, 0.29) is 12.1 Å². The summed E-state index contributed by atoms with van der Waals surface area (Å²) in [5.74, 6) is 0.870. The van der Waals surface area contributed by atoms with E-state index >= 15 is 0 Å². The van der Waals surface area contributed by atoms with Gasteiger partial charge in [0.25, 0.3) is 0 Å². The minimum absolute atomic E-state index is 0.113. The summed E-state index contributed by atoms with van der Waals surface area (Å²) in [5, 5.41) is 5.90. The zero-order valence-corrected chi connectivity index (χ0v) is 14.9. The molecule has 0 aliphatic heterocycles. The van der Waals surface area contributed by atoms with Gasteiger partial charge in [0.2, 0.25) is 0 Å². The fourth-order valence-corrected chi connectivity index (χ4v) is 2.61. The number of anilines is 1. The summed E-state index contributed by atoms with van der Waals surface area (Å²) in [6.45, 7) is 2.48. The van der Waals surface area contributed by atoms with Crippen LogP contribution in [0.1, 0.15) is 24.6 Å². The molecule has 0 bridgehead atoms. The van der Waals surface area contributed by atoms with E-state index in [2.05, 4.69) is 26.3 Å². The Bertz CT molecular complexity index is 665. The maximum Gasteiger partial charge on any atom is 0.315 e. The van der Waals surface area contributed by atoms with Crippen molar-refractivity contribution >= 4 is 11.8 Å². The Balaban J connectivity index is 1.78. The molecule has 1 atom stereocenters. The van der Waals surface area contributed by atoms with Crippen molar-refractivity contribution in [3.8, 4) is 0 Å². The van der Waals surface area contributed by atoms with Gasteiger partial charge < -0.3 is 20.1 Å². The first-order valence-corrected chi connectivity index (χ1v) is 8.23. The highest BCUT2D eigenvalue weighted by Crippen LogP contribution is 2.13. The van der Waals surface area contributed by atoms with Gasteiger partial charge >= 0.3 is 6.03 Å². The largest absolute Gasteiger partial charge is 0.362 e. The van der Waals surface area contributed by atoms with E-state index in [9.17, 15) is 4.79 Å². The van der Waals surface area contributed by atoms with Gasteiger partial charge in [-0.15, -0.1) is 0 Å². The fourth-order valence-electron chi connectivity index (χ4n) is 2.61. The Labute approximate surface area is 143 Å². The summed E-state index contributed by atoms with van der Waals surface area (Å²) in [6.07, 6.45) is 5.64. The average molecular weight is 329 g/mol. The van der Waals surface area contributed by atoms with Crippen LogP contribution in [0.5, 0.6) is 0 Å². The molecule has 2 aromatic rings. The van der Waals surface area contributed by atoms with Crippen LogP contribution in [0.4, 0.5) is 10.6 Å². The second-order valence-electron chi connectivity index (χ2n) is 6.26. The van der Waals surface area contributed by atoms with Crippen molar-refractivity contribution in [2.75, 3.05) is 19.0 Å². The normalized spacial score (nSPS) is 11.8. The first-order valence-electron chi connectivity index (χ1n) is 8.23. The predicted molar refractivity (Wildman–Crippen MR) is 97.1 cm³/mol. The molecule has 0 aliphatic carbocycles. The number of hydrogen-bond donors (Lipinski definition) is 2. The number of nitrogens with zero attached hydrogens (tertiary/aromatic N) is 3. The molecule has 0 fully saturated rings. The molecule has 0 radical (unpaired) electrons. The molecule has 0 saturated heterocycles. The molecule has 2 heterocycles. The van der Waals surface area contributed by atoms with Gasteiger partial charge in [-0.05, 0) is 38.0 Å². The number of aromatic nitrogens is 2. The number of rotatable bonds is 7. The predicted octanol–water partition coefficient (Wildman–Crippen LogP) is 2.31. The molecule has 130 valence electrons. The minimum Gasteiger partial charge on any atom is -0.362 e. The third-order valence-electron chi connectivity index (χ3n) is 3.99. The highest BCUT2D eigenvalue weighted by Gasteiger charge is 2.10. The van der Waals surface area contributed by atoms with E-state index < -0.39 is 0 Å². The number of urea groups is 1. The van der Waals surface area contributed by atoms with Crippen LogP contribution in [0.3, 0.4) is 0 Å². The van der Waals surface area contributed by atoms with Gasteiger partial charge in [0.05, 0.1) is 0 Å². The van der Waals surface area contributed by atoms with E-state index in [1.54, 1.807) is 6.20 Å². The van der Waals surface area contributed by atoms with Gasteiger partial charge in [-0.2, -0.15) is 0 Å². The van der Waals surface area contributed by atoms with Gasteiger partial charge in [-0.1, -0.05) is 6.07 Å². The molecule has 0 unspecified atom stereocenters. The van der Waals surface area contributed by atoms with Crippen LogP contribution in [0, 0.1) is 0 Å². The number of hydrogen-bond acceptors (Lipinski definition) is 3. The molecule has 2 amide bonds. The summed E-state index contributed by atoms with van der Waals surface area (Å²) in [7, 11) is 5.92. The van der Waals surface area contributed by atoms with Crippen LogP contribution in [-0.2, 0) is 20.0 Å². The Morgan fingerprint density at radius 3 is 2.79 bits per heavy atom. The summed E-state index contributed by atoms with van der Waals surface area (Å²) >= 11 is 0. The van der Waals surface area contributed by atoms with Gasteiger partial charge in [0, 0.05) is 57.4 Å². The summed E-state index contributed by atoms with van der Waals surface area (Å²) in [5.41, 5.74) is 2.27. The van der Waals surface area contributed by atoms with Gasteiger partial charge in [0.15, 0.2) is 0 Å². The molecular formula is C18H27N5O. The molecule has 2 rings (SSSR count). The fraction of sp³-hybridized carbons (Fsp3) is 0.444. The van der Waals surface area contributed by atoms with Gasteiger partial charge in [-0.3, -0.25) is 0 Å². The van der Waals surface area contributed by atoms with Crippen molar-refractivity contribution < 1.29 is 4.79 Å². The number of amides is 2. The zero-order chi connectivity index (χ0) is 17.5. The smallest absolute Gasteiger partial charge is 0.315 e. The number of carbonyl (C=O) groups is 1. The highest BCUT2D eigenvalue weighted by atomic mass is 16.2. The van der Waals surface area contributed by atoms with Crippen molar-refractivity contribution in [2.45, 2.75) is 32.4 Å². The second kappa shape index (κ2) is 8.38. The lowest BCUT2D eigenvalue weighted by molar-refractivity contribution is 0.236. The first-order chi connectivity index (χ1) is 11.5. The number of carbonyl (C=O) groups excluding carboxylic acids is 1. The minimum atomic E-state index is -0.150. The highest BCUT2D eigenvalue weighted by molar-refractivity contribution is 5.74. The lowest BCUT2D eigenvalue weighted by atomic mass is 10.1. The topological polar surface area (TPSA) is 62.2 Å². The molecule has 24 heavy (non-hydrogen) atoms. The molecule has 0 spiro atoms. The van der Waals surface area contributed by atoms with E-state index in [0.29, 0.717) is 6.54 Å². The van der Waals surface area contributed by atoms with Crippen LogP contribution in [0.15, 0.2) is 36.7 Å². The van der Waals surface area contributed by atoms with Crippen molar-refractivity contribution in [3.63, 3.8) is 0 Å². The van der Waals surface area contributed by atoms with Crippen LogP contribution in [-0.4, -0.2) is 35.7 Å². The van der Waals surface area contributed by atoms with Crippen LogP contribution in [0.25, 0.3) is 0 Å². The molecule has 0 aliphatic rings. The quantitative estimate of drug-likeness (QED) is 0.819. The third kappa shape index (κ3) is 5.01. The average Bonchev–Trinajstić information content (AvgIpc) is 2.96. The van der Waals surface area contributed by atoms with E-state index in [1.807, 2.05) is 57.4 Å². The van der Waals surface area contributed by atoms with Crippen LogP contribution in [0.2, 0.25) is 0 Å². The Morgan fingerprint density at radius 1 is 1.33 bits per heavy atom. The Kier molecular flexibility index (Phi) is 6.23. The van der Waals surface area contributed by atoms with E-state index in [4.69, 9.17) is 0 Å². The van der Waals surface area contributed by atoms with Crippen molar-refractivity contribution in [1.82, 2.24) is 20.2 Å². The molecule has 2 N–H and O–H groups in total. The zero-order valence-electron chi connectivity index (χ0n) is 14.9. The van der Waals surface area contributed by atoms with Crippen molar-refractivity contribution in [2.24, 2.45) is 7.05 Å². The second-order valence-corrected chi connectivity index (χ2v) is 6.26. The van der Waals surface area contributed by atoms with Gasteiger partial charge in [0.1, 0.15) is 5.82 Å².